The van der Waals surface area contributed by atoms with Gasteiger partial charge in [-0.25, -0.2) is 0 Å². The van der Waals surface area contributed by atoms with Gasteiger partial charge in [-0.1, -0.05) is 45.4 Å². The highest BCUT2D eigenvalue weighted by Gasteiger charge is 1.98. The van der Waals surface area contributed by atoms with Crippen molar-refractivity contribution < 1.29 is 4.74 Å². The van der Waals surface area contributed by atoms with E-state index in [2.05, 4.69) is 6.92 Å². The van der Waals surface area contributed by atoms with Gasteiger partial charge in [-0.3, -0.25) is 0 Å². The van der Waals surface area contributed by atoms with Gasteiger partial charge in [-0.2, -0.15) is 11.8 Å². The van der Waals surface area contributed by atoms with Crippen LogP contribution in [0, 0.1) is 0 Å². The number of unbranched alkanes of at least 4 members (excludes halogenated alkanes) is 6. The van der Waals surface area contributed by atoms with Gasteiger partial charge >= 0.3 is 0 Å². The Kier molecular flexibility index (Phi) is 13.5. The lowest BCUT2D eigenvalue weighted by atomic mass is 10.1. The molecule has 0 aromatic heterocycles. The summed E-state index contributed by atoms with van der Waals surface area (Å²) in [7, 11) is 3.82. The molecule has 0 aliphatic carbocycles. The number of thiocarbonyl (C=S) groups is 1. The summed E-state index contributed by atoms with van der Waals surface area (Å²) in [5, 5.41) is 0.589. The van der Waals surface area contributed by atoms with E-state index in [4.69, 9.17) is 17.0 Å². The Bertz CT molecular complexity index is 198. The van der Waals surface area contributed by atoms with Crippen LogP contribution < -0.4 is 0 Å². The molecular formula is C14H29NOS2. The molecule has 0 aromatic rings. The fourth-order valence-electron chi connectivity index (χ4n) is 1.58. The Morgan fingerprint density at radius 1 is 1.00 bits per heavy atom. The van der Waals surface area contributed by atoms with E-state index in [0.717, 1.165) is 12.4 Å². The Morgan fingerprint density at radius 2 is 1.61 bits per heavy atom. The molecule has 108 valence electrons. The van der Waals surface area contributed by atoms with Gasteiger partial charge in [0.25, 0.3) is 5.17 Å². The van der Waals surface area contributed by atoms with Crippen molar-refractivity contribution in [2.75, 3.05) is 32.2 Å². The van der Waals surface area contributed by atoms with Crippen LogP contribution in [0.1, 0.15) is 51.9 Å². The average Bonchev–Trinajstić information content (AvgIpc) is 2.35. The van der Waals surface area contributed by atoms with Gasteiger partial charge in [-0.15, -0.1) is 0 Å². The molecule has 4 heteroatoms. The van der Waals surface area contributed by atoms with Gasteiger partial charge in [0.05, 0.1) is 6.61 Å². The van der Waals surface area contributed by atoms with E-state index in [1.54, 1.807) is 0 Å². The second-order valence-electron chi connectivity index (χ2n) is 4.74. The number of hydrogen-bond acceptors (Lipinski definition) is 3. The first-order valence-electron chi connectivity index (χ1n) is 7.10. The Morgan fingerprint density at radius 3 is 2.22 bits per heavy atom. The molecule has 18 heavy (non-hydrogen) atoms. The molecule has 0 rings (SSSR count). The third kappa shape index (κ3) is 12.5. The van der Waals surface area contributed by atoms with Crippen LogP contribution in [0.2, 0.25) is 0 Å². The van der Waals surface area contributed by atoms with Crippen molar-refractivity contribution in [1.82, 2.24) is 4.90 Å². The first-order chi connectivity index (χ1) is 8.68. The van der Waals surface area contributed by atoms with E-state index in [9.17, 15) is 0 Å². The molecule has 0 heterocycles. The summed E-state index contributed by atoms with van der Waals surface area (Å²) in [4.78, 5) is 1.83. The van der Waals surface area contributed by atoms with Gasteiger partial charge in [0.1, 0.15) is 0 Å². The fourth-order valence-corrected chi connectivity index (χ4v) is 2.48. The van der Waals surface area contributed by atoms with Crippen molar-refractivity contribution in [2.24, 2.45) is 0 Å². The van der Waals surface area contributed by atoms with Crippen molar-refractivity contribution in [2.45, 2.75) is 51.9 Å². The summed E-state index contributed by atoms with van der Waals surface area (Å²) in [5.74, 6) is 2.30. The minimum absolute atomic E-state index is 0.589. The molecular weight excluding hydrogens is 262 g/mol. The summed E-state index contributed by atoms with van der Waals surface area (Å²) in [6.07, 6.45) is 9.70. The zero-order chi connectivity index (χ0) is 13.6. The van der Waals surface area contributed by atoms with Crippen molar-refractivity contribution in [3.8, 4) is 0 Å². The maximum atomic E-state index is 5.41. The Hall–Kier alpha value is 0.0400. The topological polar surface area (TPSA) is 12.5 Å². The molecule has 0 bridgehead atoms. The van der Waals surface area contributed by atoms with E-state index >= 15 is 0 Å². The van der Waals surface area contributed by atoms with Crippen LogP contribution in [0.4, 0.5) is 0 Å². The van der Waals surface area contributed by atoms with Crippen LogP contribution in [-0.2, 0) is 4.74 Å². The molecule has 0 saturated heterocycles. The first-order valence-corrected chi connectivity index (χ1v) is 8.66. The highest BCUT2D eigenvalue weighted by molar-refractivity contribution is 7.99. The largest absolute Gasteiger partial charge is 0.470 e. The third-order valence-corrected chi connectivity index (χ3v) is 4.23. The van der Waals surface area contributed by atoms with Crippen LogP contribution in [0.25, 0.3) is 0 Å². The van der Waals surface area contributed by atoms with Crippen molar-refractivity contribution in [3.63, 3.8) is 0 Å². The first kappa shape index (κ1) is 18.0. The molecule has 2 nitrogen and oxygen atoms in total. The lowest BCUT2D eigenvalue weighted by molar-refractivity contribution is 0.290. The fraction of sp³-hybridized carbons (Fsp3) is 0.929. The van der Waals surface area contributed by atoms with E-state index in [-0.39, 0.29) is 0 Å². The van der Waals surface area contributed by atoms with E-state index in [1.807, 2.05) is 30.8 Å². The molecule has 0 aliphatic rings. The monoisotopic (exact) mass is 291 g/mol. The van der Waals surface area contributed by atoms with E-state index < -0.39 is 0 Å². The summed E-state index contributed by atoms with van der Waals surface area (Å²) in [5.41, 5.74) is 0. The quantitative estimate of drug-likeness (QED) is 0.415. The molecule has 0 aromatic carbocycles. The maximum Gasteiger partial charge on any atom is 0.258 e. The summed E-state index contributed by atoms with van der Waals surface area (Å²) in [6.45, 7) is 3.00. The second-order valence-corrected chi connectivity index (χ2v) is 6.32. The molecule has 0 saturated carbocycles. The van der Waals surface area contributed by atoms with Crippen LogP contribution >= 0.6 is 24.0 Å². The average molecular weight is 292 g/mol. The summed E-state index contributed by atoms with van der Waals surface area (Å²) in [6, 6.07) is 0. The Balaban J connectivity index is 3.05. The number of thioether (sulfide) groups is 1. The summed E-state index contributed by atoms with van der Waals surface area (Å²) >= 11 is 7.01. The second kappa shape index (κ2) is 13.5. The lowest BCUT2D eigenvalue weighted by Crippen LogP contribution is -2.23. The van der Waals surface area contributed by atoms with Gasteiger partial charge < -0.3 is 9.64 Å². The zero-order valence-electron chi connectivity index (χ0n) is 12.2. The van der Waals surface area contributed by atoms with Crippen molar-refractivity contribution in [3.05, 3.63) is 0 Å². The minimum Gasteiger partial charge on any atom is -0.470 e. The number of ether oxygens (including phenoxy) is 1. The molecule has 0 amide bonds. The molecule has 0 aliphatic heterocycles. The van der Waals surface area contributed by atoms with E-state index in [0.29, 0.717) is 5.17 Å². The van der Waals surface area contributed by atoms with Gasteiger partial charge in [0.2, 0.25) is 0 Å². The standard InChI is InChI=1S/C14H29NOS2/c1-4-5-6-7-8-9-10-12-18-13-11-16-14(17)15(2)3/h4-13H2,1-3H3. The Labute approximate surface area is 123 Å². The van der Waals surface area contributed by atoms with Crippen LogP contribution in [0.15, 0.2) is 0 Å². The van der Waals surface area contributed by atoms with Gasteiger partial charge in [-0.05, 0) is 24.4 Å². The van der Waals surface area contributed by atoms with Crippen LogP contribution in [-0.4, -0.2) is 42.3 Å². The van der Waals surface area contributed by atoms with Gasteiger partial charge in [0.15, 0.2) is 0 Å². The smallest absolute Gasteiger partial charge is 0.258 e. The molecule has 0 unspecified atom stereocenters. The molecule has 0 radical (unpaired) electrons. The lowest BCUT2D eigenvalue weighted by Gasteiger charge is -2.13. The third-order valence-electron chi connectivity index (χ3n) is 2.71. The SMILES string of the molecule is CCCCCCCCCSCCOC(=S)N(C)C. The number of hydrogen-bond donors (Lipinski definition) is 0. The maximum absolute atomic E-state index is 5.41. The van der Waals surface area contributed by atoms with Crippen LogP contribution in [0.3, 0.4) is 0 Å². The summed E-state index contributed by atoms with van der Waals surface area (Å²) < 4.78 is 5.41. The molecule has 0 fully saturated rings. The van der Waals surface area contributed by atoms with Gasteiger partial charge in [0, 0.05) is 19.8 Å². The van der Waals surface area contributed by atoms with Crippen molar-refractivity contribution in [1.29, 1.82) is 0 Å². The predicted octanol–water partition coefficient (Wildman–Crippen LogP) is 4.33. The van der Waals surface area contributed by atoms with Crippen LogP contribution in [0.5, 0.6) is 0 Å². The molecule has 0 atom stereocenters. The normalized spacial score (nSPS) is 10.4. The number of rotatable bonds is 11. The van der Waals surface area contributed by atoms with Crippen molar-refractivity contribution >= 4 is 29.2 Å². The number of nitrogens with zero attached hydrogens (tertiary/aromatic N) is 1. The molecule has 0 spiro atoms. The highest BCUT2D eigenvalue weighted by Crippen LogP contribution is 2.10. The minimum atomic E-state index is 0.589. The zero-order valence-corrected chi connectivity index (χ0v) is 13.9. The van der Waals surface area contributed by atoms with E-state index in [1.165, 1.54) is 50.7 Å². The highest BCUT2D eigenvalue weighted by atomic mass is 32.2. The predicted molar refractivity (Wildman–Crippen MR) is 87.6 cm³/mol. The molecule has 0 N–H and O–H groups in total.